The van der Waals surface area contributed by atoms with Gasteiger partial charge in [0.25, 0.3) is 0 Å². The summed E-state index contributed by atoms with van der Waals surface area (Å²) in [5.74, 6) is -1.36. The van der Waals surface area contributed by atoms with Crippen molar-refractivity contribution in [3.05, 3.63) is 120 Å². The van der Waals surface area contributed by atoms with E-state index in [0.29, 0.717) is 68.2 Å². The first-order valence-electron chi connectivity index (χ1n) is 23.7. The van der Waals surface area contributed by atoms with Crippen LogP contribution in [0.15, 0.2) is 102 Å². The Bertz CT molecular complexity index is 2040. The summed E-state index contributed by atoms with van der Waals surface area (Å²) in [7, 11) is 0. The van der Waals surface area contributed by atoms with E-state index in [1.54, 1.807) is 29.2 Å². The molecule has 2 fully saturated rings. The number of unbranched alkanes of at least 4 members (excludes halogenated alkanes) is 2. The van der Waals surface area contributed by atoms with Crippen molar-refractivity contribution >= 4 is 11.8 Å². The maximum atomic E-state index is 14.8. The van der Waals surface area contributed by atoms with Crippen molar-refractivity contribution in [1.82, 2.24) is 4.90 Å². The lowest BCUT2D eigenvalue weighted by atomic mass is 9.55. The Morgan fingerprint density at radius 1 is 0.985 bits per heavy atom. The van der Waals surface area contributed by atoms with Crippen molar-refractivity contribution in [2.24, 2.45) is 22.9 Å². The summed E-state index contributed by atoms with van der Waals surface area (Å²) in [6.07, 6.45) is 10.9. The highest BCUT2D eigenvalue weighted by Crippen LogP contribution is 2.62. The molecule has 2 N–H and O–H groups in total. The Morgan fingerprint density at radius 2 is 1.78 bits per heavy atom. The Balaban J connectivity index is 1.33. The molecule has 4 aliphatic rings. The minimum atomic E-state index is -1.45. The van der Waals surface area contributed by atoms with E-state index in [4.69, 9.17) is 38.4 Å². The fraction of sp³-hybridized carbons (Fsp3) is 0.538. The van der Waals surface area contributed by atoms with Gasteiger partial charge < -0.3 is 43.5 Å². The molecule has 0 aromatic heterocycles. The van der Waals surface area contributed by atoms with Gasteiger partial charge in [-0.25, -0.2) is 9.18 Å². The molecule has 2 aliphatic heterocycles. The smallest absolute Gasteiger partial charge is 0.410 e. The van der Waals surface area contributed by atoms with Crippen LogP contribution in [-0.4, -0.2) is 91.2 Å². The number of benzene rings is 3. The van der Waals surface area contributed by atoms with Gasteiger partial charge in [-0.05, 0) is 92.2 Å². The summed E-state index contributed by atoms with van der Waals surface area (Å²) >= 11 is 0. The molecular weight excluding hydrogens is 832 g/mol. The van der Waals surface area contributed by atoms with Crippen LogP contribution in [0.1, 0.15) is 100 Å². The van der Waals surface area contributed by atoms with Crippen LogP contribution in [0.25, 0.3) is 0 Å². The molecule has 12 nitrogen and oxygen atoms in total. The summed E-state index contributed by atoms with van der Waals surface area (Å²) in [5, 5.41) is 24.9. The third-order valence-corrected chi connectivity index (χ3v) is 13.1. The van der Waals surface area contributed by atoms with Crippen molar-refractivity contribution < 1.29 is 52.7 Å². The van der Waals surface area contributed by atoms with Crippen molar-refractivity contribution in [1.29, 1.82) is 0 Å². The Kier molecular flexibility index (Phi) is 17.9. The van der Waals surface area contributed by atoms with Crippen LogP contribution in [0.3, 0.4) is 0 Å². The monoisotopic (exact) mass is 898 g/mol. The molecule has 1 saturated heterocycles. The maximum Gasteiger partial charge on any atom is 0.410 e. The van der Waals surface area contributed by atoms with E-state index in [0.717, 1.165) is 55.2 Å². The van der Waals surface area contributed by atoms with Crippen LogP contribution in [0.5, 0.6) is 11.5 Å². The summed E-state index contributed by atoms with van der Waals surface area (Å²) in [6.45, 7) is 7.95. The number of hydrogen-bond acceptors (Lipinski definition) is 11. The summed E-state index contributed by atoms with van der Waals surface area (Å²) in [6, 6.07) is 21.4. The number of ether oxygens (including phenoxy) is 6. The molecule has 0 bridgehead atoms. The van der Waals surface area contributed by atoms with Crippen LogP contribution >= 0.6 is 0 Å². The number of oxime groups is 1. The number of amides is 1. The molecular formula is C52H67FN2O10. The van der Waals surface area contributed by atoms with Crippen LogP contribution in [-0.2, 0) is 37.0 Å². The van der Waals surface area contributed by atoms with E-state index in [9.17, 15) is 19.4 Å². The molecule has 7 unspecified atom stereocenters. The van der Waals surface area contributed by atoms with E-state index in [1.807, 2.05) is 55.5 Å². The quantitative estimate of drug-likeness (QED) is 0.0508. The van der Waals surface area contributed by atoms with Crippen molar-refractivity contribution in [2.45, 2.75) is 115 Å². The number of hydrogen-bond donors (Lipinski definition) is 2. The molecule has 3 aromatic rings. The number of rotatable bonds is 24. The van der Waals surface area contributed by atoms with Gasteiger partial charge in [0.15, 0.2) is 0 Å². The lowest BCUT2D eigenvalue weighted by Crippen LogP contribution is -2.70. The van der Waals surface area contributed by atoms with Crippen LogP contribution in [0, 0.1) is 23.6 Å². The Morgan fingerprint density at radius 3 is 2.54 bits per heavy atom. The lowest BCUT2D eigenvalue weighted by Gasteiger charge is -2.60. The molecule has 65 heavy (non-hydrogen) atoms. The average Bonchev–Trinajstić information content (AvgIpc) is 3.33. The first-order valence-corrected chi connectivity index (χ1v) is 23.7. The van der Waals surface area contributed by atoms with E-state index in [1.165, 1.54) is 6.07 Å². The van der Waals surface area contributed by atoms with E-state index < -0.39 is 30.1 Å². The number of halogens is 1. The molecule has 2 heterocycles. The van der Waals surface area contributed by atoms with Gasteiger partial charge in [-0.2, -0.15) is 0 Å². The molecule has 7 atom stereocenters. The molecule has 0 spiro atoms. The average molecular weight is 899 g/mol. The number of carbonyl (C=O) groups is 1. The second-order valence-electron chi connectivity index (χ2n) is 17.4. The number of nitrogens with zero attached hydrogens (tertiary/aromatic N) is 2. The lowest BCUT2D eigenvalue weighted by molar-refractivity contribution is -0.255. The zero-order valence-corrected chi connectivity index (χ0v) is 37.8. The molecule has 2 aliphatic carbocycles. The topological polar surface area (TPSA) is 138 Å². The Hall–Kier alpha value is -4.79. The standard InChI is InChI=1S/C52H67FN2O10/c1-3-25-55(51(58)61-31-30-59-35-37-16-6-5-7-17-37)47-34-45(54-65-48-22-12-15-29-60-48)42-32-38(18-10-13-26-56)41(20-11-14-27-57)49-43-33-40(62-36-39-19-8-9-21-44(39)53)23-24-46(43)64-52(47,50(42)49)63-28-4-2/h4-9,16-17,19,21,23-24,32-33,38,41,47-50,56-57H,2-3,10-15,18,20,22,25-31,34-36H2,1H3. The minimum absolute atomic E-state index is 0.0149. The molecule has 352 valence electrons. The minimum Gasteiger partial charge on any atom is -0.489 e. The molecule has 7 rings (SSSR count). The van der Waals surface area contributed by atoms with Crippen molar-refractivity contribution in [3.63, 3.8) is 0 Å². The second kappa shape index (κ2) is 24.1. The number of allylic oxidation sites excluding steroid dienone is 1. The summed E-state index contributed by atoms with van der Waals surface area (Å²) in [4.78, 5) is 22.6. The zero-order valence-electron chi connectivity index (χ0n) is 37.8. The molecule has 3 aromatic carbocycles. The second-order valence-corrected chi connectivity index (χ2v) is 17.4. The highest BCUT2D eigenvalue weighted by molar-refractivity contribution is 6.03. The van der Waals surface area contributed by atoms with E-state index >= 15 is 0 Å². The third-order valence-electron chi connectivity index (χ3n) is 13.1. The van der Waals surface area contributed by atoms with Crippen molar-refractivity contribution in [3.8, 4) is 11.5 Å². The van der Waals surface area contributed by atoms with Gasteiger partial charge >= 0.3 is 6.09 Å². The predicted octanol–water partition coefficient (Wildman–Crippen LogP) is 9.63. The van der Waals surface area contributed by atoms with Gasteiger partial charge in [-0.1, -0.05) is 85.6 Å². The van der Waals surface area contributed by atoms with Gasteiger partial charge in [-0.15, -0.1) is 6.58 Å². The van der Waals surface area contributed by atoms with Gasteiger partial charge in [-0.3, -0.25) is 4.90 Å². The summed E-state index contributed by atoms with van der Waals surface area (Å²) < 4.78 is 53.4. The first kappa shape index (κ1) is 48.2. The van der Waals surface area contributed by atoms with Crippen LogP contribution in [0.4, 0.5) is 9.18 Å². The van der Waals surface area contributed by atoms with Gasteiger partial charge in [0, 0.05) is 49.6 Å². The van der Waals surface area contributed by atoms with Crippen LogP contribution < -0.4 is 9.47 Å². The van der Waals surface area contributed by atoms with Gasteiger partial charge in [0.05, 0.1) is 38.1 Å². The fourth-order valence-electron chi connectivity index (χ4n) is 10.1. The summed E-state index contributed by atoms with van der Waals surface area (Å²) in [5.41, 5.74) is 3.97. The third kappa shape index (κ3) is 11.8. The molecule has 1 amide bonds. The number of aliphatic hydroxyl groups is 2. The molecule has 1 saturated carbocycles. The van der Waals surface area contributed by atoms with Gasteiger partial charge in [0.2, 0.25) is 12.1 Å². The van der Waals surface area contributed by atoms with Crippen molar-refractivity contribution in [2.75, 3.05) is 46.2 Å². The first-order chi connectivity index (χ1) is 31.9. The zero-order chi connectivity index (χ0) is 45.4. The largest absolute Gasteiger partial charge is 0.489 e. The molecule has 13 heteroatoms. The highest BCUT2D eigenvalue weighted by atomic mass is 19.1. The Labute approximate surface area is 383 Å². The number of aliphatic hydroxyl groups excluding tert-OH is 2. The fourth-order valence-corrected chi connectivity index (χ4v) is 10.1. The van der Waals surface area contributed by atoms with E-state index in [2.05, 4.69) is 12.7 Å². The van der Waals surface area contributed by atoms with Gasteiger partial charge in [0.1, 0.15) is 36.6 Å². The van der Waals surface area contributed by atoms with Crippen LogP contribution in [0.2, 0.25) is 0 Å². The highest BCUT2D eigenvalue weighted by Gasteiger charge is 2.65. The SMILES string of the molecule is C=CCOC12Oc3ccc(OCc4ccccc4F)cc3C3C(CCCCO)C(CCCCO)C=C(C(=NOC4CCCCO4)CC1N(CCC)C(=O)OCCOCc1ccccc1)C32. The number of fused-ring (bicyclic) bond motifs is 2. The molecule has 0 radical (unpaired) electrons. The normalized spacial score (nSPS) is 25.1. The predicted molar refractivity (Wildman–Crippen MR) is 245 cm³/mol. The number of carbonyl (C=O) groups excluding carboxylic acids is 1. The van der Waals surface area contributed by atoms with E-state index in [-0.39, 0.29) is 69.6 Å². The maximum absolute atomic E-state index is 14.8.